The summed E-state index contributed by atoms with van der Waals surface area (Å²) in [5, 5.41) is 3.01. The molecule has 1 aromatic rings. The number of carbonyl (C=O) groups is 1. The molecule has 1 saturated carbocycles. The Morgan fingerprint density at radius 1 is 1.42 bits per heavy atom. The van der Waals surface area contributed by atoms with Crippen LogP contribution in [0.2, 0.25) is 0 Å². The fraction of sp³-hybridized carbons (Fsp3) is 0.571. The van der Waals surface area contributed by atoms with Gasteiger partial charge in [-0.2, -0.15) is 0 Å². The first-order valence-corrected chi connectivity index (χ1v) is 7.22. The van der Waals surface area contributed by atoms with Crippen LogP contribution in [0.1, 0.15) is 45.6 Å². The molecule has 0 unspecified atom stereocenters. The number of pyridine rings is 1. The van der Waals surface area contributed by atoms with Crippen LogP contribution in [0, 0.1) is 0 Å². The van der Waals surface area contributed by atoms with Gasteiger partial charge in [-0.15, -0.1) is 0 Å². The van der Waals surface area contributed by atoms with Gasteiger partial charge in [0.1, 0.15) is 5.60 Å². The van der Waals surface area contributed by atoms with Gasteiger partial charge in [0, 0.05) is 16.9 Å². The van der Waals surface area contributed by atoms with Crippen molar-refractivity contribution < 1.29 is 9.53 Å². The molecule has 0 aliphatic heterocycles. The molecular weight excluding hydrogens is 308 g/mol. The van der Waals surface area contributed by atoms with E-state index in [2.05, 4.69) is 26.2 Å². The van der Waals surface area contributed by atoms with Gasteiger partial charge in [0.25, 0.3) is 0 Å². The summed E-state index contributed by atoms with van der Waals surface area (Å²) in [5.74, 6) is 0. The Bertz CT molecular complexity index is 479. The van der Waals surface area contributed by atoms with Crippen molar-refractivity contribution in [3.05, 3.63) is 28.5 Å². The van der Waals surface area contributed by atoms with Crippen molar-refractivity contribution in [3.63, 3.8) is 0 Å². The Labute approximate surface area is 122 Å². The SMILES string of the molecule is CC(C)(C)OC(=O)NC1(c2cncc(Br)c2)CCC1. The number of rotatable bonds is 2. The summed E-state index contributed by atoms with van der Waals surface area (Å²) < 4.78 is 6.26. The second-order valence-corrected chi connectivity index (χ2v) is 6.87. The molecule has 4 nitrogen and oxygen atoms in total. The Morgan fingerprint density at radius 3 is 2.58 bits per heavy atom. The van der Waals surface area contributed by atoms with Crippen molar-refractivity contribution in [2.24, 2.45) is 0 Å². The molecule has 2 rings (SSSR count). The molecule has 1 amide bonds. The summed E-state index contributed by atoms with van der Waals surface area (Å²) in [7, 11) is 0. The van der Waals surface area contributed by atoms with Gasteiger partial charge in [0.15, 0.2) is 0 Å². The summed E-state index contributed by atoms with van der Waals surface area (Å²) in [6.45, 7) is 5.59. The number of aromatic nitrogens is 1. The molecule has 0 radical (unpaired) electrons. The van der Waals surface area contributed by atoms with E-state index in [1.165, 1.54) is 0 Å². The number of halogens is 1. The van der Waals surface area contributed by atoms with Crippen LogP contribution in [-0.4, -0.2) is 16.7 Å². The highest BCUT2D eigenvalue weighted by Crippen LogP contribution is 2.41. The number of alkyl carbamates (subject to hydrolysis) is 1. The number of nitrogens with zero attached hydrogens (tertiary/aromatic N) is 1. The second kappa shape index (κ2) is 5.12. The zero-order valence-corrected chi connectivity index (χ0v) is 13.1. The van der Waals surface area contributed by atoms with Gasteiger partial charge in [0.05, 0.1) is 5.54 Å². The van der Waals surface area contributed by atoms with Crippen LogP contribution >= 0.6 is 15.9 Å². The molecule has 104 valence electrons. The topological polar surface area (TPSA) is 51.2 Å². The Hall–Kier alpha value is -1.10. The van der Waals surface area contributed by atoms with E-state index in [0.717, 1.165) is 29.3 Å². The van der Waals surface area contributed by atoms with E-state index >= 15 is 0 Å². The number of hydrogen-bond acceptors (Lipinski definition) is 3. The Balaban J connectivity index is 2.13. The Morgan fingerprint density at radius 2 is 2.11 bits per heavy atom. The minimum atomic E-state index is -0.482. The van der Waals surface area contributed by atoms with Crippen LogP contribution in [0.3, 0.4) is 0 Å². The predicted molar refractivity (Wildman–Crippen MR) is 76.8 cm³/mol. The van der Waals surface area contributed by atoms with Crippen LogP contribution < -0.4 is 5.32 Å². The molecule has 1 N–H and O–H groups in total. The number of hydrogen-bond donors (Lipinski definition) is 1. The van der Waals surface area contributed by atoms with Crippen molar-refractivity contribution in [1.82, 2.24) is 10.3 Å². The third-order valence-electron chi connectivity index (χ3n) is 3.20. The van der Waals surface area contributed by atoms with E-state index in [9.17, 15) is 4.79 Å². The minimum absolute atomic E-state index is 0.320. The van der Waals surface area contributed by atoms with Crippen molar-refractivity contribution in [2.75, 3.05) is 0 Å². The third kappa shape index (κ3) is 3.47. The van der Waals surface area contributed by atoms with Gasteiger partial charge in [-0.3, -0.25) is 4.98 Å². The van der Waals surface area contributed by atoms with Gasteiger partial charge >= 0.3 is 6.09 Å². The average Bonchev–Trinajstić information content (AvgIpc) is 2.21. The summed E-state index contributed by atoms with van der Waals surface area (Å²) >= 11 is 3.42. The van der Waals surface area contributed by atoms with E-state index in [1.54, 1.807) is 12.4 Å². The molecule has 0 spiro atoms. The lowest BCUT2D eigenvalue weighted by Crippen LogP contribution is -2.52. The number of amides is 1. The largest absolute Gasteiger partial charge is 0.444 e. The molecule has 19 heavy (non-hydrogen) atoms. The van der Waals surface area contributed by atoms with Crippen molar-refractivity contribution >= 4 is 22.0 Å². The smallest absolute Gasteiger partial charge is 0.408 e. The van der Waals surface area contributed by atoms with Gasteiger partial charge in [-0.25, -0.2) is 4.79 Å². The van der Waals surface area contributed by atoms with E-state index < -0.39 is 5.60 Å². The van der Waals surface area contributed by atoms with Crippen LogP contribution in [0.15, 0.2) is 22.9 Å². The zero-order chi connectivity index (χ0) is 14.1. The molecule has 1 heterocycles. The summed E-state index contributed by atoms with van der Waals surface area (Å²) in [6, 6.07) is 2.00. The quantitative estimate of drug-likeness (QED) is 0.900. The first-order valence-electron chi connectivity index (χ1n) is 6.43. The van der Waals surface area contributed by atoms with Crippen LogP contribution in [0.5, 0.6) is 0 Å². The highest BCUT2D eigenvalue weighted by atomic mass is 79.9. The molecule has 1 aliphatic carbocycles. The van der Waals surface area contributed by atoms with Gasteiger partial charge in [-0.1, -0.05) is 0 Å². The van der Waals surface area contributed by atoms with E-state index in [4.69, 9.17) is 4.74 Å². The summed E-state index contributed by atoms with van der Waals surface area (Å²) in [4.78, 5) is 16.1. The lowest BCUT2D eigenvalue weighted by Gasteiger charge is -2.42. The normalized spacial score (nSPS) is 17.5. The van der Waals surface area contributed by atoms with Crippen molar-refractivity contribution in [2.45, 2.75) is 51.2 Å². The fourth-order valence-corrected chi connectivity index (χ4v) is 2.55. The fourth-order valence-electron chi connectivity index (χ4n) is 2.19. The summed E-state index contributed by atoms with van der Waals surface area (Å²) in [6.07, 6.45) is 6.12. The highest BCUT2D eigenvalue weighted by molar-refractivity contribution is 9.10. The van der Waals surface area contributed by atoms with E-state index in [1.807, 2.05) is 26.8 Å². The zero-order valence-electron chi connectivity index (χ0n) is 11.5. The lowest BCUT2D eigenvalue weighted by atomic mass is 9.72. The second-order valence-electron chi connectivity index (χ2n) is 5.95. The molecule has 0 aromatic carbocycles. The standard InChI is InChI=1S/C14H19BrN2O2/c1-13(2,3)19-12(18)17-14(5-4-6-14)10-7-11(15)9-16-8-10/h7-9H,4-6H2,1-3H3,(H,17,18). The van der Waals surface area contributed by atoms with Gasteiger partial charge in [0.2, 0.25) is 0 Å². The number of nitrogens with one attached hydrogen (secondary N) is 1. The molecular formula is C14H19BrN2O2. The Kier molecular flexibility index (Phi) is 3.85. The average molecular weight is 327 g/mol. The molecule has 0 atom stereocenters. The number of carbonyl (C=O) groups excluding carboxylic acids is 1. The van der Waals surface area contributed by atoms with E-state index in [-0.39, 0.29) is 11.6 Å². The maximum Gasteiger partial charge on any atom is 0.408 e. The first kappa shape index (κ1) is 14.3. The molecule has 1 fully saturated rings. The molecule has 5 heteroatoms. The monoisotopic (exact) mass is 326 g/mol. The lowest BCUT2D eigenvalue weighted by molar-refractivity contribution is 0.0377. The van der Waals surface area contributed by atoms with E-state index in [0.29, 0.717) is 0 Å². The number of ether oxygens (including phenoxy) is 1. The first-order chi connectivity index (χ1) is 8.81. The molecule has 0 bridgehead atoms. The minimum Gasteiger partial charge on any atom is -0.444 e. The predicted octanol–water partition coefficient (Wildman–Crippen LogP) is 3.75. The molecule has 0 saturated heterocycles. The molecule has 1 aromatic heterocycles. The highest BCUT2D eigenvalue weighted by Gasteiger charge is 2.41. The maximum atomic E-state index is 12.0. The van der Waals surface area contributed by atoms with Gasteiger partial charge < -0.3 is 10.1 Å². The third-order valence-corrected chi connectivity index (χ3v) is 3.64. The van der Waals surface area contributed by atoms with Crippen LogP contribution in [0.4, 0.5) is 4.79 Å². The summed E-state index contributed by atoms with van der Waals surface area (Å²) in [5.41, 5.74) is 0.225. The van der Waals surface area contributed by atoms with Crippen LogP contribution in [-0.2, 0) is 10.3 Å². The van der Waals surface area contributed by atoms with Gasteiger partial charge in [-0.05, 0) is 67.6 Å². The maximum absolute atomic E-state index is 12.0. The van der Waals surface area contributed by atoms with Crippen LogP contribution in [0.25, 0.3) is 0 Å². The molecule has 1 aliphatic rings. The van der Waals surface area contributed by atoms with Crippen molar-refractivity contribution in [1.29, 1.82) is 0 Å². The van der Waals surface area contributed by atoms with Crippen molar-refractivity contribution in [3.8, 4) is 0 Å².